The highest BCUT2D eigenvalue weighted by Gasteiger charge is 2.25. The molecule has 1 fully saturated rings. The van der Waals surface area contributed by atoms with Crippen molar-refractivity contribution in [3.05, 3.63) is 58.7 Å². The Hall–Kier alpha value is -2.07. The van der Waals surface area contributed by atoms with Gasteiger partial charge < -0.3 is 20.9 Å². The maximum atomic E-state index is 11.8. The molecule has 3 rings (SSSR count). The van der Waals surface area contributed by atoms with Gasteiger partial charge >= 0.3 is 0 Å². The molecule has 1 atom stereocenters. The molecule has 1 amide bonds. The number of carbonyl (C=O) groups excluding carboxylic acids is 1. The Morgan fingerprint density at radius 2 is 2.17 bits per heavy atom. The fourth-order valence-electron chi connectivity index (χ4n) is 3.32. The van der Waals surface area contributed by atoms with E-state index < -0.39 is 0 Å². The van der Waals surface area contributed by atoms with Gasteiger partial charge in [0.2, 0.25) is 0 Å². The molecule has 0 radical (unpaired) electrons. The highest BCUT2D eigenvalue weighted by atomic mass is 127. The summed E-state index contributed by atoms with van der Waals surface area (Å²) >= 11 is 6.28. The molecule has 1 aromatic carbocycles. The molecule has 1 saturated heterocycles. The van der Waals surface area contributed by atoms with Crippen molar-refractivity contribution < 1.29 is 4.79 Å². The zero-order valence-electron chi connectivity index (χ0n) is 17.2. The van der Waals surface area contributed by atoms with Crippen molar-refractivity contribution in [2.24, 2.45) is 4.99 Å². The van der Waals surface area contributed by atoms with Crippen molar-refractivity contribution >= 4 is 53.3 Å². The lowest BCUT2D eigenvalue weighted by atomic mass is 10.1. The number of rotatable bonds is 6. The molecule has 0 bridgehead atoms. The minimum Gasteiger partial charge on any atom is -0.357 e. The predicted octanol–water partition coefficient (Wildman–Crippen LogP) is 3.05. The quantitative estimate of drug-likeness (QED) is 0.297. The predicted molar refractivity (Wildman–Crippen MR) is 133 cm³/mol. The van der Waals surface area contributed by atoms with Gasteiger partial charge in [0.1, 0.15) is 5.82 Å². The van der Waals surface area contributed by atoms with E-state index in [2.05, 4.69) is 25.8 Å². The van der Waals surface area contributed by atoms with Gasteiger partial charge in [-0.2, -0.15) is 0 Å². The van der Waals surface area contributed by atoms with Gasteiger partial charge in [0.25, 0.3) is 5.91 Å². The number of anilines is 1. The molecule has 2 heterocycles. The monoisotopic (exact) mass is 542 g/mol. The third-order valence-corrected chi connectivity index (χ3v) is 5.04. The van der Waals surface area contributed by atoms with E-state index in [0.29, 0.717) is 17.1 Å². The second kappa shape index (κ2) is 11.9. The summed E-state index contributed by atoms with van der Waals surface area (Å²) in [6.07, 6.45) is 2.74. The van der Waals surface area contributed by atoms with E-state index >= 15 is 0 Å². The van der Waals surface area contributed by atoms with Crippen LogP contribution in [-0.4, -0.2) is 49.6 Å². The number of hydrogen-bond acceptors (Lipinski definition) is 4. The first kappa shape index (κ1) is 24.2. The first-order valence-corrected chi connectivity index (χ1v) is 10.2. The summed E-state index contributed by atoms with van der Waals surface area (Å²) in [5.74, 6) is 1.49. The molecule has 9 heteroatoms. The molecule has 0 aliphatic carbocycles. The number of halogens is 2. The van der Waals surface area contributed by atoms with Crippen LogP contribution in [0.4, 0.5) is 5.82 Å². The van der Waals surface area contributed by atoms with Crippen LogP contribution in [0.1, 0.15) is 29.3 Å². The average Bonchev–Trinajstić information content (AvgIpc) is 3.20. The Morgan fingerprint density at radius 1 is 1.33 bits per heavy atom. The highest BCUT2D eigenvalue weighted by Crippen LogP contribution is 2.25. The van der Waals surface area contributed by atoms with E-state index in [1.165, 1.54) is 0 Å². The maximum Gasteiger partial charge on any atom is 0.251 e. The van der Waals surface area contributed by atoms with E-state index in [-0.39, 0.29) is 35.9 Å². The number of benzene rings is 1. The number of nitrogens with zero attached hydrogens (tertiary/aromatic N) is 3. The zero-order valence-corrected chi connectivity index (χ0v) is 20.3. The standard InChI is InChI=1S/C21H27ClN6O.HI/c1-3-24-21(26-13-15-6-4-7-16(12-15)20(29)23-2)27-17-9-11-28(14-17)19-18(22)8-5-10-25-19;/h4-8,10,12,17H,3,9,11,13-14H2,1-2H3,(H,23,29)(H2,24,26,27);1H. The van der Waals surface area contributed by atoms with Crippen molar-refractivity contribution in [1.29, 1.82) is 0 Å². The van der Waals surface area contributed by atoms with Gasteiger partial charge in [-0.1, -0.05) is 23.7 Å². The van der Waals surface area contributed by atoms with E-state index in [4.69, 9.17) is 16.6 Å². The third-order valence-electron chi connectivity index (χ3n) is 4.75. The Bertz CT molecular complexity index is 878. The molecule has 7 nitrogen and oxygen atoms in total. The Balaban J connectivity index is 0.00000320. The van der Waals surface area contributed by atoms with Gasteiger partial charge in [0.15, 0.2) is 5.96 Å². The normalized spacial score (nSPS) is 16.0. The van der Waals surface area contributed by atoms with Gasteiger partial charge in [-0.15, -0.1) is 24.0 Å². The number of amides is 1. The Morgan fingerprint density at radius 3 is 2.90 bits per heavy atom. The van der Waals surface area contributed by atoms with E-state index in [0.717, 1.165) is 43.4 Å². The second-order valence-electron chi connectivity index (χ2n) is 6.86. The molecular formula is C21H28ClIN6O. The first-order valence-electron chi connectivity index (χ1n) is 9.82. The largest absolute Gasteiger partial charge is 0.357 e. The molecule has 30 heavy (non-hydrogen) atoms. The minimum absolute atomic E-state index is 0. The van der Waals surface area contributed by atoms with Crippen LogP contribution >= 0.6 is 35.6 Å². The van der Waals surface area contributed by atoms with Crippen molar-refractivity contribution in [3.63, 3.8) is 0 Å². The topological polar surface area (TPSA) is 81.6 Å². The summed E-state index contributed by atoms with van der Waals surface area (Å²) < 4.78 is 0. The number of pyridine rings is 1. The molecule has 162 valence electrons. The van der Waals surface area contributed by atoms with E-state index in [1.54, 1.807) is 19.3 Å². The number of carbonyl (C=O) groups is 1. The lowest BCUT2D eigenvalue weighted by Gasteiger charge is -2.20. The number of guanidine groups is 1. The van der Waals surface area contributed by atoms with Crippen molar-refractivity contribution in [2.45, 2.75) is 25.9 Å². The van der Waals surface area contributed by atoms with Gasteiger partial charge in [-0.3, -0.25) is 4.79 Å². The second-order valence-corrected chi connectivity index (χ2v) is 7.27. The molecule has 1 aromatic heterocycles. The summed E-state index contributed by atoms with van der Waals surface area (Å²) in [6, 6.07) is 11.5. The van der Waals surface area contributed by atoms with Crippen LogP contribution in [0.25, 0.3) is 0 Å². The Labute approximate surface area is 199 Å². The third kappa shape index (κ3) is 6.46. The van der Waals surface area contributed by atoms with Crippen LogP contribution in [0.3, 0.4) is 0 Å². The van der Waals surface area contributed by atoms with Crippen LogP contribution < -0.4 is 20.9 Å². The molecular weight excluding hydrogens is 515 g/mol. The fourth-order valence-corrected chi connectivity index (χ4v) is 3.56. The zero-order chi connectivity index (χ0) is 20.6. The van der Waals surface area contributed by atoms with Crippen LogP contribution in [-0.2, 0) is 6.54 Å². The summed E-state index contributed by atoms with van der Waals surface area (Å²) in [7, 11) is 1.63. The smallest absolute Gasteiger partial charge is 0.251 e. The van der Waals surface area contributed by atoms with Gasteiger partial charge in [-0.25, -0.2) is 9.98 Å². The summed E-state index contributed by atoms with van der Waals surface area (Å²) in [5.41, 5.74) is 1.62. The van der Waals surface area contributed by atoms with E-state index in [1.807, 2.05) is 37.3 Å². The fraction of sp³-hybridized carbons (Fsp3) is 0.381. The number of aliphatic imine (C=N–C) groups is 1. The summed E-state index contributed by atoms with van der Waals surface area (Å²) in [4.78, 5) is 23.1. The van der Waals surface area contributed by atoms with Crippen LogP contribution in [0.2, 0.25) is 5.02 Å². The average molecular weight is 543 g/mol. The van der Waals surface area contributed by atoms with E-state index in [9.17, 15) is 4.79 Å². The van der Waals surface area contributed by atoms with Crippen LogP contribution in [0.5, 0.6) is 0 Å². The lowest BCUT2D eigenvalue weighted by Crippen LogP contribution is -2.44. The first-order chi connectivity index (χ1) is 14.1. The number of aromatic nitrogens is 1. The molecule has 3 N–H and O–H groups in total. The molecule has 1 unspecified atom stereocenters. The van der Waals surface area contributed by atoms with Crippen molar-refractivity contribution in [2.75, 3.05) is 31.6 Å². The summed E-state index contributed by atoms with van der Waals surface area (Å²) in [5, 5.41) is 10.1. The minimum atomic E-state index is -0.0971. The molecule has 1 aliphatic rings. The Kier molecular flexibility index (Phi) is 9.64. The van der Waals surface area contributed by atoms with Crippen LogP contribution in [0.15, 0.2) is 47.6 Å². The molecule has 1 aliphatic heterocycles. The SMILES string of the molecule is CCNC(=NCc1cccc(C(=O)NC)c1)NC1CCN(c2ncccc2Cl)C1.I. The van der Waals surface area contributed by atoms with Gasteiger partial charge in [0, 0.05) is 44.5 Å². The highest BCUT2D eigenvalue weighted by molar-refractivity contribution is 14.0. The van der Waals surface area contributed by atoms with Gasteiger partial charge in [-0.05, 0) is 43.2 Å². The number of hydrogen-bond donors (Lipinski definition) is 3. The van der Waals surface area contributed by atoms with Crippen molar-refractivity contribution in [1.82, 2.24) is 20.9 Å². The molecule has 2 aromatic rings. The maximum absolute atomic E-state index is 11.8. The number of nitrogens with one attached hydrogen (secondary N) is 3. The van der Waals surface area contributed by atoms with Crippen molar-refractivity contribution in [3.8, 4) is 0 Å². The molecule has 0 spiro atoms. The van der Waals surface area contributed by atoms with Gasteiger partial charge in [0.05, 0.1) is 11.6 Å². The summed E-state index contributed by atoms with van der Waals surface area (Å²) in [6.45, 7) is 5.00. The van der Waals surface area contributed by atoms with Crippen LogP contribution in [0, 0.1) is 0 Å². The lowest BCUT2D eigenvalue weighted by molar-refractivity contribution is 0.0963. The molecule has 0 saturated carbocycles.